The molecule has 1 aromatic heterocycles. The summed E-state index contributed by atoms with van der Waals surface area (Å²) in [5.74, 6) is 0.672. The van der Waals surface area contributed by atoms with E-state index in [1.54, 1.807) is 0 Å². The fourth-order valence-corrected chi connectivity index (χ4v) is 3.77. The molecule has 2 atom stereocenters. The van der Waals surface area contributed by atoms with Crippen LogP contribution < -0.4 is 5.73 Å². The van der Waals surface area contributed by atoms with Gasteiger partial charge in [0.25, 0.3) is 0 Å². The Kier molecular flexibility index (Phi) is 6.24. The van der Waals surface area contributed by atoms with Crippen molar-refractivity contribution in [2.45, 2.75) is 71.5 Å². The quantitative estimate of drug-likeness (QED) is 0.800. The maximum atomic E-state index is 5.94. The molecule has 2 unspecified atom stereocenters. The van der Waals surface area contributed by atoms with Crippen LogP contribution in [0.1, 0.15) is 64.6 Å². The van der Waals surface area contributed by atoms with E-state index in [0.29, 0.717) is 18.0 Å². The highest BCUT2D eigenvalue weighted by Crippen LogP contribution is 2.30. The van der Waals surface area contributed by atoms with Crippen LogP contribution in [-0.4, -0.2) is 33.8 Å². The molecule has 1 aromatic rings. The van der Waals surface area contributed by atoms with Crippen molar-refractivity contribution in [3.05, 3.63) is 18.0 Å². The first-order chi connectivity index (χ1) is 10.2. The largest absolute Gasteiger partial charge is 0.330 e. The van der Waals surface area contributed by atoms with Gasteiger partial charge in [0.15, 0.2) is 0 Å². The third-order valence-electron chi connectivity index (χ3n) is 5.14. The number of nitrogens with zero attached hydrogens (tertiary/aromatic N) is 3. The van der Waals surface area contributed by atoms with Crippen molar-refractivity contribution in [2.75, 3.05) is 13.1 Å². The van der Waals surface area contributed by atoms with E-state index in [9.17, 15) is 0 Å². The highest BCUT2D eigenvalue weighted by Gasteiger charge is 2.30. The third kappa shape index (κ3) is 3.86. The Morgan fingerprint density at radius 2 is 2.10 bits per heavy atom. The zero-order chi connectivity index (χ0) is 15.2. The molecule has 0 spiro atoms. The van der Waals surface area contributed by atoms with Gasteiger partial charge in [-0.3, -0.25) is 9.58 Å². The van der Waals surface area contributed by atoms with E-state index in [2.05, 4.69) is 42.6 Å². The summed E-state index contributed by atoms with van der Waals surface area (Å²) < 4.78 is 2.15. The van der Waals surface area contributed by atoms with Crippen LogP contribution in [0.2, 0.25) is 0 Å². The average Bonchev–Trinajstić information content (AvgIpc) is 3.15. The Balaban J connectivity index is 2.02. The second kappa shape index (κ2) is 7.95. The van der Waals surface area contributed by atoms with Crippen LogP contribution in [-0.2, 0) is 6.54 Å². The fraction of sp³-hybridized carbons (Fsp3) is 0.824. The van der Waals surface area contributed by atoms with Gasteiger partial charge in [-0.1, -0.05) is 27.2 Å². The summed E-state index contributed by atoms with van der Waals surface area (Å²) in [5, 5.41) is 4.81. The molecule has 120 valence electrons. The van der Waals surface area contributed by atoms with Crippen molar-refractivity contribution in [1.29, 1.82) is 0 Å². The molecule has 0 aromatic carbocycles. The number of hydrogen-bond donors (Lipinski definition) is 1. The van der Waals surface area contributed by atoms with Gasteiger partial charge in [-0.2, -0.15) is 5.10 Å². The van der Waals surface area contributed by atoms with Crippen LogP contribution in [0.3, 0.4) is 0 Å². The van der Waals surface area contributed by atoms with Crippen molar-refractivity contribution in [3.63, 3.8) is 0 Å². The standard InChI is InChI=1S/C17H32N4/c1-4-16(5-2)21-11-10-15(19-21)13-20(6-3)17-9-7-8-14(17)12-18/h10-11,14,16-17H,4-9,12-13,18H2,1-3H3. The fourth-order valence-electron chi connectivity index (χ4n) is 3.77. The first kappa shape index (κ1) is 16.5. The van der Waals surface area contributed by atoms with Gasteiger partial charge in [-0.15, -0.1) is 0 Å². The molecule has 2 N–H and O–H groups in total. The summed E-state index contributed by atoms with van der Waals surface area (Å²) in [6.45, 7) is 9.59. The van der Waals surface area contributed by atoms with Gasteiger partial charge >= 0.3 is 0 Å². The van der Waals surface area contributed by atoms with Crippen LogP contribution >= 0.6 is 0 Å². The molecule has 0 bridgehead atoms. The lowest BCUT2D eigenvalue weighted by Gasteiger charge is -2.31. The molecule has 21 heavy (non-hydrogen) atoms. The second-order valence-electron chi connectivity index (χ2n) is 6.31. The number of rotatable bonds is 8. The Morgan fingerprint density at radius 1 is 1.33 bits per heavy atom. The predicted molar refractivity (Wildman–Crippen MR) is 88.1 cm³/mol. The molecule has 0 saturated heterocycles. The molecule has 0 aliphatic heterocycles. The monoisotopic (exact) mass is 292 g/mol. The van der Waals surface area contributed by atoms with Crippen molar-refractivity contribution >= 4 is 0 Å². The number of aromatic nitrogens is 2. The Labute approximate surface area is 129 Å². The van der Waals surface area contributed by atoms with Gasteiger partial charge in [0, 0.05) is 18.8 Å². The van der Waals surface area contributed by atoms with Crippen LogP contribution in [0.25, 0.3) is 0 Å². The number of nitrogens with two attached hydrogens (primary N) is 1. The Hall–Kier alpha value is -0.870. The van der Waals surface area contributed by atoms with Crippen molar-refractivity contribution < 1.29 is 0 Å². The zero-order valence-electron chi connectivity index (χ0n) is 14.0. The van der Waals surface area contributed by atoms with Gasteiger partial charge in [0.2, 0.25) is 0 Å². The molecule has 0 amide bonds. The Morgan fingerprint density at radius 3 is 2.71 bits per heavy atom. The van der Waals surface area contributed by atoms with Crippen molar-refractivity contribution in [2.24, 2.45) is 11.7 Å². The van der Waals surface area contributed by atoms with Crippen LogP contribution in [0, 0.1) is 5.92 Å². The Bertz CT molecular complexity index is 411. The van der Waals surface area contributed by atoms with E-state index in [0.717, 1.165) is 32.5 Å². The molecule has 2 rings (SSSR count). The summed E-state index contributed by atoms with van der Waals surface area (Å²) in [4.78, 5) is 2.57. The molecule has 1 saturated carbocycles. The molecule has 4 nitrogen and oxygen atoms in total. The van der Waals surface area contributed by atoms with E-state index in [1.807, 2.05) is 0 Å². The first-order valence-corrected chi connectivity index (χ1v) is 8.71. The van der Waals surface area contributed by atoms with E-state index < -0.39 is 0 Å². The summed E-state index contributed by atoms with van der Waals surface area (Å²) in [6.07, 6.45) is 8.35. The zero-order valence-corrected chi connectivity index (χ0v) is 14.0. The van der Waals surface area contributed by atoms with Crippen molar-refractivity contribution in [1.82, 2.24) is 14.7 Å². The minimum absolute atomic E-state index is 0.539. The molecule has 0 radical (unpaired) electrons. The minimum atomic E-state index is 0.539. The van der Waals surface area contributed by atoms with E-state index in [1.165, 1.54) is 25.0 Å². The summed E-state index contributed by atoms with van der Waals surface area (Å²) in [5.41, 5.74) is 7.14. The van der Waals surface area contributed by atoms with Crippen molar-refractivity contribution in [3.8, 4) is 0 Å². The lowest BCUT2D eigenvalue weighted by atomic mass is 10.0. The van der Waals surface area contributed by atoms with Gasteiger partial charge in [0.05, 0.1) is 11.7 Å². The minimum Gasteiger partial charge on any atom is -0.330 e. The first-order valence-electron chi connectivity index (χ1n) is 8.71. The van der Waals surface area contributed by atoms with Gasteiger partial charge in [-0.05, 0) is 50.8 Å². The lowest BCUT2D eigenvalue weighted by molar-refractivity contribution is 0.159. The molecular weight excluding hydrogens is 260 g/mol. The lowest BCUT2D eigenvalue weighted by Crippen LogP contribution is -2.39. The SMILES string of the molecule is CCC(CC)n1ccc(CN(CC)C2CCCC2CN)n1. The summed E-state index contributed by atoms with van der Waals surface area (Å²) >= 11 is 0. The molecule has 4 heteroatoms. The topological polar surface area (TPSA) is 47.1 Å². The highest BCUT2D eigenvalue weighted by molar-refractivity contribution is 5.01. The van der Waals surface area contributed by atoms with Crippen LogP contribution in [0.5, 0.6) is 0 Å². The molecule has 1 aliphatic rings. The molecular formula is C17H32N4. The summed E-state index contributed by atoms with van der Waals surface area (Å²) in [6, 6.07) is 3.38. The van der Waals surface area contributed by atoms with Crippen LogP contribution in [0.4, 0.5) is 0 Å². The smallest absolute Gasteiger partial charge is 0.0765 e. The maximum absolute atomic E-state index is 5.94. The molecule has 1 aliphatic carbocycles. The summed E-state index contributed by atoms with van der Waals surface area (Å²) in [7, 11) is 0. The van der Waals surface area contributed by atoms with Gasteiger partial charge < -0.3 is 5.73 Å². The third-order valence-corrected chi connectivity index (χ3v) is 5.14. The molecule has 1 fully saturated rings. The highest BCUT2D eigenvalue weighted by atomic mass is 15.3. The second-order valence-corrected chi connectivity index (χ2v) is 6.31. The van der Waals surface area contributed by atoms with E-state index in [4.69, 9.17) is 10.8 Å². The molecule has 1 heterocycles. The average molecular weight is 292 g/mol. The van der Waals surface area contributed by atoms with Gasteiger partial charge in [0.1, 0.15) is 0 Å². The van der Waals surface area contributed by atoms with E-state index >= 15 is 0 Å². The number of hydrogen-bond acceptors (Lipinski definition) is 3. The normalized spacial score (nSPS) is 22.6. The predicted octanol–water partition coefficient (Wildman–Crippen LogP) is 3.19. The van der Waals surface area contributed by atoms with Crippen LogP contribution in [0.15, 0.2) is 12.3 Å². The maximum Gasteiger partial charge on any atom is 0.0765 e. The van der Waals surface area contributed by atoms with Gasteiger partial charge in [-0.25, -0.2) is 0 Å². The van der Waals surface area contributed by atoms with E-state index in [-0.39, 0.29) is 0 Å².